The van der Waals surface area contributed by atoms with Gasteiger partial charge in [-0.05, 0) is 68.1 Å². The van der Waals surface area contributed by atoms with Crippen LogP contribution in [0, 0.1) is 17.2 Å². The average molecular weight is 299 g/mol. The minimum Gasteiger partial charge on any atom is -0.216 e. The van der Waals surface area contributed by atoms with E-state index in [-0.39, 0.29) is 0 Å². The van der Waals surface area contributed by atoms with Gasteiger partial charge >= 0.3 is 0 Å². The van der Waals surface area contributed by atoms with Crippen molar-refractivity contribution in [2.45, 2.75) is 63.7 Å². The van der Waals surface area contributed by atoms with Gasteiger partial charge in [0.1, 0.15) is 0 Å². The van der Waals surface area contributed by atoms with Crippen molar-refractivity contribution < 1.29 is 4.39 Å². The van der Waals surface area contributed by atoms with Crippen molar-refractivity contribution in [3.05, 3.63) is 47.8 Å². The normalized spacial score (nSPS) is 21.8. The standard InChI is InChI=1S/C20H26FN/c21-15-5-3-1-2-4-6-17-7-11-19(12-8-17)20-13-9-18(16-22)10-14-20/h5,9-10,13-15,17,19H,1-4,6-8,11-12H2. The summed E-state index contributed by atoms with van der Waals surface area (Å²) in [5.74, 6) is 1.56. The fourth-order valence-corrected chi connectivity index (χ4v) is 3.55. The smallest absolute Gasteiger partial charge is 0.0991 e. The summed E-state index contributed by atoms with van der Waals surface area (Å²) in [6.07, 6.45) is 13.3. The molecular formula is C20H26FN. The number of nitrogens with zero attached hydrogens (tertiary/aromatic N) is 1. The molecule has 1 aromatic rings. The molecule has 0 saturated heterocycles. The molecule has 2 heteroatoms. The highest BCUT2D eigenvalue weighted by atomic mass is 19.1. The number of rotatable bonds is 7. The lowest BCUT2D eigenvalue weighted by molar-refractivity contribution is 0.302. The first-order valence-corrected chi connectivity index (χ1v) is 8.58. The molecule has 1 fully saturated rings. The van der Waals surface area contributed by atoms with Crippen LogP contribution in [0.25, 0.3) is 0 Å². The predicted molar refractivity (Wildman–Crippen MR) is 89.2 cm³/mol. The third kappa shape index (κ3) is 5.30. The maximum atomic E-state index is 11.8. The van der Waals surface area contributed by atoms with Crippen molar-refractivity contribution in [3.63, 3.8) is 0 Å². The summed E-state index contributed by atoms with van der Waals surface area (Å²) in [6.45, 7) is 0. The van der Waals surface area contributed by atoms with Crippen LogP contribution in [0.3, 0.4) is 0 Å². The van der Waals surface area contributed by atoms with Gasteiger partial charge < -0.3 is 0 Å². The lowest BCUT2D eigenvalue weighted by Crippen LogP contribution is -2.13. The number of unbranched alkanes of at least 4 members (excludes halogenated alkanes) is 3. The molecule has 1 saturated carbocycles. The quantitative estimate of drug-likeness (QED) is 0.545. The summed E-state index contributed by atoms with van der Waals surface area (Å²) in [6, 6.07) is 10.3. The summed E-state index contributed by atoms with van der Waals surface area (Å²) in [5.41, 5.74) is 2.15. The highest BCUT2D eigenvalue weighted by Crippen LogP contribution is 2.37. The molecule has 1 nitrogen and oxygen atoms in total. The first-order chi connectivity index (χ1) is 10.8. The van der Waals surface area contributed by atoms with E-state index in [4.69, 9.17) is 5.26 Å². The monoisotopic (exact) mass is 299 g/mol. The number of nitriles is 1. The SMILES string of the molecule is N#Cc1ccc(C2CCC(CCCCCC=CF)CC2)cc1. The third-order valence-electron chi connectivity index (χ3n) is 4.93. The Balaban J connectivity index is 1.66. The van der Waals surface area contributed by atoms with Crippen molar-refractivity contribution in [1.82, 2.24) is 0 Å². The molecule has 22 heavy (non-hydrogen) atoms. The molecule has 0 N–H and O–H groups in total. The van der Waals surface area contributed by atoms with Crippen LogP contribution < -0.4 is 0 Å². The Morgan fingerprint density at radius 3 is 2.41 bits per heavy atom. The van der Waals surface area contributed by atoms with Crippen molar-refractivity contribution in [3.8, 4) is 6.07 Å². The zero-order chi connectivity index (χ0) is 15.6. The van der Waals surface area contributed by atoms with Gasteiger partial charge in [-0.2, -0.15) is 5.26 Å². The number of benzene rings is 1. The molecule has 2 rings (SSSR count). The Kier molecular flexibility index (Phi) is 7.16. The lowest BCUT2D eigenvalue weighted by atomic mass is 9.77. The van der Waals surface area contributed by atoms with Gasteiger partial charge in [-0.3, -0.25) is 0 Å². The van der Waals surface area contributed by atoms with E-state index >= 15 is 0 Å². The summed E-state index contributed by atoms with van der Waals surface area (Å²) >= 11 is 0. The van der Waals surface area contributed by atoms with E-state index in [2.05, 4.69) is 18.2 Å². The molecule has 0 atom stereocenters. The van der Waals surface area contributed by atoms with Gasteiger partial charge in [0.15, 0.2) is 0 Å². The minimum absolute atomic E-state index is 0.657. The van der Waals surface area contributed by atoms with Crippen LogP contribution in [0.5, 0.6) is 0 Å². The fourth-order valence-electron chi connectivity index (χ4n) is 3.55. The van der Waals surface area contributed by atoms with Gasteiger partial charge in [0.05, 0.1) is 18.0 Å². The number of allylic oxidation sites excluding steroid dienone is 1. The average Bonchev–Trinajstić information content (AvgIpc) is 2.59. The molecular weight excluding hydrogens is 273 g/mol. The molecule has 0 heterocycles. The maximum Gasteiger partial charge on any atom is 0.0991 e. The van der Waals surface area contributed by atoms with Crippen LogP contribution >= 0.6 is 0 Å². The van der Waals surface area contributed by atoms with Crippen molar-refractivity contribution in [1.29, 1.82) is 5.26 Å². The van der Waals surface area contributed by atoms with Gasteiger partial charge in [-0.25, -0.2) is 4.39 Å². The summed E-state index contributed by atoms with van der Waals surface area (Å²) in [7, 11) is 0. The zero-order valence-corrected chi connectivity index (χ0v) is 13.3. The molecule has 0 aromatic heterocycles. The Bertz CT molecular complexity index is 489. The van der Waals surface area contributed by atoms with E-state index in [0.29, 0.717) is 12.2 Å². The highest BCUT2D eigenvalue weighted by Gasteiger charge is 2.21. The largest absolute Gasteiger partial charge is 0.216 e. The van der Waals surface area contributed by atoms with Gasteiger partial charge in [-0.1, -0.05) is 37.5 Å². The number of halogens is 1. The Morgan fingerprint density at radius 2 is 1.77 bits per heavy atom. The second-order valence-electron chi connectivity index (χ2n) is 6.45. The van der Waals surface area contributed by atoms with Crippen LogP contribution in [0.4, 0.5) is 4.39 Å². The first-order valence-electron chi connectivity index (χ1n) is 8.58. The van der Waals surface area contributed by atoms with Crippen LogP contribution in [-0.2, 0) is 0 Å². The van der Waals surface area contributed by atoms with Gasteiger partial charge in [0.2, 0.25) is 0 Å². The molecule has 0 aliphatic heterocycles. The van der Waals surface area contributed by atoms with E-state index in [1.165, 1.54) is 50.5 Å². The van der Waals surface area contributed by atoms with E-state index < -0.39 is 0 Å². The molecule has 1 aliphatic carbocycles. The molecule has 1 aromatic carbocycles. The fraction of sp³-hybridized carbons (Fsp3) is 0.550. The van der Waals surface area contributed by atoms with E-state index in [0.717, 1.165) is 24.3 Å². The second-order valence-corrected chi connectivity index (χ2v) is 6.45. The molecule has 0 unspecified atom stereocenters. The van der Waals surface area contributed by atoms with Crippen molar-refractivity contribution in [2.75, 3.05) is 0 Å². The topological polar surface area (TPSA) is 23.8 Å². The van der Waals surface area contributed by atoms with Crippen LogP contribution in [0.2, 0.25) is 0 Å². The van der Waals surface area contributed by atoms with Crippen LogP contribution in [-0.4, -0.2) is 0 Å². The minimum atomic E-state index is 0.657. The lowest BCUT2D eigenvalue weighted by Gasteiger charge is -2.29. The van der Waals surface area contributed by atoms with Crippen molar-refractivity contribution >= 4 is 0 Å². The summed E-state index contributed by atoms with van der Waals surface area (Å²) in [4.78, 5) is 0. The highest BCUT2D eigenvalue weighted by molar-refractivity contribution is 5.33. The second kappa shape index (κ2) is 9.41. The number of hydrogen-bond acceptors (Lipinski definition) is 1. The Labute approximate surface area is 133 Å². The summed E-state index contributed by atoms with van der Waals surface area (Å²) < 4.78 is 11.8. The third-order valence-corrected chi connectivity index (χ3v) is 4.93. The van der Waals surface area contributed by atoms with Crippen LogP contribution in [0.1, 0.15) is 74.8 Å². The molecule has 1 aliphatic rings. The van der Waals surface area contributed by atoms with Crippen molar-refractivity contribution in [2.24, 2.45) is 5.92 Å². The van der Waals surface area contributed by atoms with E-state index in [1.807, 2.05) is 12.1 Å². The molecule has 0 radical (unpaired) electrons. The maximum absolute atomic E-state index is 11.8. The summed E-state index contributed by atoms with van der Waals surface area (Å²) in [5, 5.41) is 8.85. The molecule has 0 bridgehead atoms. The Morgan fingerprint density at radius 1 is 1.05 bits per heavy atom. The van der Waals surface area contributed by atoms with Gasteiger partial charge in [0.25, 0.3) is 0 Å². The van der Waals surface area contributed by atoms with Crippen LogP contribution in [0.15, 0.2) is 36.7 Å². The van der Waals surface area contributed by atoms with E-state index in [1.54, 1.807) is 6.08 Å². The van der Waals surface area contributed by atoms with E-state index in [9.17, 15) is 4.39 Å². The van der Waals surface area contributed by atoms with Gasteiger partial charge in [0, 0.05) is 0 Å². The molecule has 0 spiro atoms. The van der Waals surface area contributed by atoms with Gasteiger partial charge in [-0.15, -0.1) is 0 Å². The zero-order valence-electron chi connectivity index (χ0n) is 13.3. The molecule has 118 valence electrons. The predicted octanol–water partition coefficient (Wildman–Crippen LogP) is 6.27. The first kappa shape index (κ1) is 16.7. The molecule has 0 amide bonds. The number of hydrogen-bond donors (Lipinski definition) is 0. The Hall–Kier alpha value is -1.62.